The number of aryl methyl sites for hydroxylation is 1. The Morgan fingerprint density at radius 2 is 2.30 bits per heavy atom. The number of hydrogen-bond acceptors (Lipinski definition) is 1. The van der Waals surface area contributed by atoms with Crippen molar-refractivity contribution < 1.29 is 4.79 Å². The van der Waals surface area contributed by atoms with Gasteiger partial charge in [0.05, 0.1) is 5.56 Å². The van der Waals surface area contributed by atoms with Crippen LogP contribution in [-0.4, -0.2) is 5.78 Å². The summed E-state index contributed by atoms with van der Waals surface area (Å²) in [5.74, 6) is 0.215. The molecule has 0 saturated carbocycles. The van der Waals surface area contributed by atoms with Gasteiger partial charge in [-0.25, -0.2) is 0 Å². The predicted molar refractivity (Wildman–Crippen MR) is 36.8 cm³/mol. The van der Waals surface area contributed by atoms with Gasteiger partial charge in [0.25, 0.3) is 0 Å². The van der Waals surface area contributed by atoms with Crippen LogP contribution < -0.4 is 0 Å². The molecule has 10 heavy (non-hydrogen) atoms. The molecule has 0 fully saturated rings. The smallest absolute Gasteiger partial charge is 0.171 e. The summed E-state index contributed by atoms with van der Waals surface area (Å²) in [6.07, 6.45) is 1.54. The van der Waals surface area contributed by atoms with Crippen LogP contribution in [0.4, 0.5) is 0 Å². The van der Waals surface area contributed by atoms with Crippen molar-refractivity contribution in [3.63, 3.8) is 0 Å². The van der Waals surface area contributed by atoms with E-state index in [0.29, 0.717) is 6.42 Å². The molecule has 0 unspecified atom stereocenters. The molecule has 0 spiro atoms. The molecule has 0 radical (unpaired) electrons. The Kier molecular flexibility index (Phi) is 1.01. The van der Waals surface area contributed by atoms with Gasteiger partial charge in [0, 0.05) is 6.42 Å². The van der Waals surface area contributed by atoms with E-state index in [4.69, 9.17) is 0 Å². The maximum Gasteiger partial charge on any atom is 0.171 e. The first kappa shape index (κ1) is 5.49. The van der Waals surface area contributed by atoms with E-state index in [2.05, 4.69) is 12.1 Å². The molecule has 0 bridgehead atoms. The van der Waals surface area contributed by atoms with Crippen LogP contribution in [0.1, 0.15) is 22.3 Å². The van der Waals surface area contributed by atoms with Crippen molar-refractivity contribution in [3.05, 3.63) is 35.4 Å². The third-order valence-electron chi connectivity index (χ3n) is 1.79. The molecule has 1 heteroatoms. The van der Waals surface area contributed by atoms with Crippen LogP contribution in [0.15, 0.2) is 12.1 Å². The second kappa shape index (κ2) is 1.85. The molecule has 2 rings (SSSR count). The van der Waals surface area contributed by atoms with Crippen LogP contribution in [0.3, 0.4) is 0 Å². The third kappa shape index (κ3) is 0.625. The maximum atomic E-state index is 11.0. The molecule has 1 aromatic carbocycles. The van der Waals surface area contributed by atoms with Gasteiger partial charge in [0.15, 0.2) is 5.78 Å². The van der Waals surface area contributed by atoms with Crippen molar-refractivity contribution in [3.8, 4) is 0 Å². The minimum Gasteiger partial charge on any atom is -0.293 e. The van der Waals surface area contributed by atoms with E-state index in [9.17, 15) is 4.79 Å². The SMILES string of the molecule is O=C1CCc2ccc#cc21. The average Bonchev–Trinajstić information content (AvgIpc) is 2.34. The fraction of sp³-hybridized carbons (Fsp3) is 0.222. The van der Waals surface area contributed by atoms with Crippen molar-refractivity contribution in [1.29, 1.82) is 0 Å². The molecule has 0 saturated heterocycles. The van der Waals surface area contributed by atoms with Crippen LogP contribution >= 0.6 is 0 Å². The first-order chi connectivity index (χ1) is 4.88. The van der Waals surface area contributed by atoms with Crippen LogP contribution in [0, 0.1) is 12.1 Å². The molecular formula is C9H6O. The van der Waals surface area contributed by atoms with Gasteiger partial charge >= 0.3 is 0 Å². The number of Topliss-reactive ketones (excluding diaryl/α,β-unsaturated/α-hetero) is 1. The van der Waals surface area contributed by atoms with Gasteiger partial charge in [0.2, 0.25) is 0 Å². The summed E-state index contributed by atoms with van der Waals surface area (Å²) in [6, 6.07) is 9.35. The molecule has 0 aromatic heterocycles. The van der Waals surface area contributed by atoms with E-state index in [1.165, 1.54) is 0 Å². The van der Waals surface area contributed by atoms with Crippen molar-refractivity contribution in [2.24, 2.45) is 0 Å². The quantitative estimate of drug-likeness (QED) is 0.519. The molecule has 48 valence electrons. The molecule has 0 N–H and O–H groups in total. The summed E-state index contributed by atoms with van der Waals surface area (Å²) < 4.78 is 0. The third-order valence-corrected chi connectivity index (χ3v) is 1.79. The van der Waals surface area contributed by atoms with Crippen molar-refractivity contribution in [1.82, 2.24) is 0 Å². The Hall–Kier alpha value is -1.29. The topological polar surface area (TPSA) is 17.1 Å². The van der Waals surface area contributed by atoms with Crippen LogP contribution in [0.2, 0.25) is 0 Å². The molecule has 0 atom stereocenters. The van der Waals surface area contributed by atoms with Gasteiger partial charge in [-0.05, 0) is 24.1 Å². The highest BCUT2D eigenvalue weighted by Crippen LogP contribution is 2.18. The zero-order chi connectivity index (χ0) is 6.97. The van der Waals surface area contributed by atoms with Crippen molar-refractivity contribution in [2.45, 2.75) is 12.8 Å². The molecule has 0 heterocycles. The number of hydrogen-bond donors (Lipinski definition) is 0. The predicted octanol–water partition coefficient (Wildman–Crippen LogP) is 1.42. The summed E-state index contributed by atoms with van der Waals surface area (Å²) >= 11 is 0. The van der Waals surface area contributed by atoms with Crippen molar-refractivity contribution in [2.75, 3.05) is 0 Å². The Bertz CT molecular complexity index is 276. The first-order valence-corrected chi connectivity index (χ1v) is 3.32. The molecule has 1 nitrogen and oxygen atoms in total. The lowest BCUT2D eigenvalue weighted by Gasteiger charge is -1.86. The summed E-state index contributed by atoms with van der Waals surface area (Å²) in [5.41, 5.74) is 1.88. The summed E-state index contributed by atoms with van der Waals surface area (Å²) in [6.45, 7) is 0. The minimum absolute atomic E-state index is 0.215. The van der Waals surface area contributed by atoms with Gasteiger partial charge in [-0.2, -0.15) is 0 Å². The summed E-state index contributed by atoms with van der Waals surface area (Å²) in [5, 5.41) is 0. The van der Waals surface area contributed by atoms with Crippen LogP contribution in [0.25, 0.3) is 0 Å². The Labute approximate surface area is 59.7 Å². The van der Waals surface area contributed by atoms with Crippen LogP contribution in [-0.2, 0) is 6.42 Å². The second-order valence-corrected chi connectivity index (χ2v) is 2.43. The highest BCUT2D eigenvalue weighted by molar-refractivity contribution is 5.99. The van der Waals surface area contributed by atoms with Gasteiger partial charge < -0.3 is 0 Å². The minimum atomic E-state index is 0.215. The summed E-state index contributed by atoms with van der Waals surface area (Å²) in [4.78, 5) is 11.0. The number of rotatable bonds is 0. The fourth-order valence-electron chi connectivity index (χ4n) is 1.25. The Balaban J connectivity index is 2.61. The second-order valence-electron chi connectivity index (χ2n) is 2.43. The van der Waals surface area contributed by atoms with Gasteiger partial charge in [-0.1, -0.05) is 12.1 Å². The molecule has 1 aliphatic rings. The zero-order valence-corrected chi connectivity index (χ0v) is 5.48. The van der Waals surface area contributed by atoms with Gasteiger partial charge in [-0.3, -0.25) is 4.79 Å². The Morgan fingerprint density at radius 3 is 3.10 bits per heavy atom. The number of fused-ring (bicyclic) bond motifs is 1. The molecule has 0 amide bonds. The summed E-state index contributed by atoms with van der Waals surface area (Å²) in [7, 11) is 0. The van der Waals surface area contributed by atoms with E-state index < -0.39 is 0 Å². The fourth-order valence-corrected chi connectivity index (χ4v) is 1.25. The normalized spacial score (nSPS) is 14.6. The lowest BCUT2D eigenvalue weighted by Crippen LogP contribution is -1.87. The monoisotopic (exact) mass is 130 g/mol. The van der Waals surface area contributed by atoms with Crippen molar-refractivity contribution >= 4 is 5.78 Å². The number of carbonyl (C=O) groups is 1. The standard InChI is InChI=1S/C9H6O/c10-9-6-5-7-3-1-2-4-8(7)9/h1,3H,5-6H2. The molecular weight excluding hydrogens is 124 g/mol. The highest BCUT2D eigenvalue weighted by Gasteiger charge is 2.17. The number of ketones is 1. The largest absolute Gasteiger partial charge is 0.293 e. The highest BCUT2D eigenvalue weighted by atomic mass is 16.1. The van der Waals surface area contributed by atoms with Crippen LogP contribution in [0.5, 0.6) is 0 Å². The maximum absolute atomic E-state index is 11.0. The van der Waals surface area contributed by atoms with E-state index in [1.54, 1.807) is 6.07 Å². The van der Waals surface area contributed by atoms with Gasteiger partial charge in [0.1, 0.15) is 0 Å². The van der Waals surface area contributed by atoms with E-state index >= 15 is 0 Å². The number of carbonyl (C=O) groups excluding carboxylic acids is 1. The van der Waals surface area contributed by atoms with Gasteiger partial charge in [-0.15, -0.1) is 0 Å². The first-order valence-electron chi connectivity index (χ1n) is 3.32. The Morgan fingerprint density at radius 1 is 1.40 bits per heavy atom. The van der Waals surface area contributed by atoms with E-state index in [0.717, 1.165) is 17.5 Å². The molecule has 1 aliphatic carbocycles. The average molecular weight is 130 g/mol. The lowest BCUT2D eigenvalue weighted by atomic mass is 10.2. The molecule has 1 aromatic rings. The molecule has 0 aliphatic heterocycles. The lowest BCUT2D eigenvalue weighted by molar-refractivity contribution is 0.0994. The van der Waals surface area contributed by atoms with E-state index in [-0.39, 0.29) is 5.78 Å². The van der Waals surface area contributed by atoms with E-state index in [1.807, 2.05) is 6.07 Å². The zero-order valence-electron chi connectivity index (χ0n) is 5.48.